The van der Waals surface area contributed by atoms with E-state index in [1.54, 1.807) is 29.2 Å². The van der Waals surface area contributed by atoms with Gasteiger partial charge in [0.05, 0.1) is 30.1 Å². The van der Waals surface area contributed by atoms with Crippen LogP contribution in [0, 0.1) is 0 Å². The highest BCUT2D eigenvalue weighted by Crippen LogP contribution is 2.47. The zero-order valence-electron chi connectivity index (χ0n) is 19.7. The van der Waals surface area contributed by atoms with Crippen LogP contribution in [-0.4, -0.2) is 24.8 Å². The van der Waals surface area contributed by atoms with Gasteiger partial charge < -0.3 is 10.1 Å². The fourth-order valence-corrected chi connectivity index (χ4v) is 5.13. The fraction of sp³-hybridized carbons (Fsp3) is 0.207. The summed E-state index contributed by atoms with van der Waals surface area (Å²) in [5, 5.41) is 3.51. The largest absolute Gasteiger partial charge is 0.465 e. The molecule has 2 aliphatic rings. The average Bonchev–Trinajstić information content (AvgIpc) is 3.03. The van der Waals surface area contributed by atoms with Crippen LogP contribution in [0.1, 0.15) is 53.2 Å². The normalized spacial score (nSPS) is 19.3. The van der Waals surface area contributed by atoms with Crippen LogP contribution in [0.2, 0.25) is 0 Å². The molecule has 6 nitrogen and oxygen atoms in total. The first-order valence-corrected chi connectivity index (χ1v) is 11.6. The van der Waals surface area contributed by atoms with Gasteiger partial charge in [0.25, 0.3) is 0 Å². The highest BCUT2D eigenvalue weighted by molar-refractivity contribution is 6.06. The number of carbonyl (C=O) groups excluding carboxylic acids is 3. The molecule has 0 fully saturated rings. The number of nitrogens with zero attached hydrogens (tertiary/aromatic N) is 1. The van der Waals surface area contributed by atoms with Gasteiger partial charge in [-0.1, -0.05) is 54.6 Å². The van der Waals surface area contributed by atoms with Gasteiger partial charge in [-0.05, 0) is 47.7 Å². The predicted molar refractivity (Wildman–Crippen MR) is 134 cm³/mol. The molecule has 1 aliphatic carbocycles. The highest BCUT2D eigenvalue weighted by atomic mass is 16.5. The van der Waals surface area contributed by atoms with E-state index in [0.29, 0.717) is 29.7 Å². The molecule has 0 aromatic heterocycles. The first-order valence-electron chi connectivity index (χ1n) is 11.6. The molecule has 2 atom stereocenters. The van der Waals surface area contributed by atoms with Crippen molar-refractivity contribution < 1.29 is 19.1 Å². The number of esters is 1. The molecule has 1 heterocycles. The Bertz CT molecular complexity index is 1330. The van der Waals surface area contributed by atoms with E-state index in [-0.39, 0.29) is 17.6 Å². The van der Waals surface area contributed by atoms with E-state index in [9.17, 15) is 14.4 Å². The molecule has 1 N–H and O–H groups in total. The van der Waals surface area contributed by atoms with Gasteiger partial charge in [-0.2, -0.15) is 0 Å². The Labute approximate surface area is 204 Å². The highest BCUT2D eigenvalue weighted by Gasteiger charge is 2.40. The SMILES string of the molecule is COC(=O)c1ccc([C@H]2C3=C(C[C@H](c4ccccc4)CC3=O)Nc3ccccc3N2C(C)=O)cc1. The number of nitrogens with one attached hydrogen (secondary N) is 1. The third-order valence-electron chi connectivity index (χ3n) is 6.75. The van der Waals surface area contributed by atoms with E-state index >= 15 is 0 Å². The van der Waals surface area contributed by atoms with E-state index < -0.39 is 12.0 Å². The maximum atomic E-state index is 13.8. The standard InChI is InChI=1S/C29H26N2O4/c1-18(32)31-25-11-7-6-10-23(25)30-24-16-22(19-8-4-3-5-9-19)17-26(33)27(24)28(31)20-12-14-21(15-13-20)29(34)35-2/h3-15,22,28,30H,16-17H2,1-2H3/t22-,28-/m0/s1. The number of anilines is 2. The Morgan fingerprint density at radius 1 is 0.886 bits per heavy atom. The summed E-state index contributed by atoms with van der Waals surface area (Å²) in [5.41, 5.74) is 5.19. The third-order valence-corrected chi connectivity index (χ3v) is 6.75. The molecular formula is C29H26N2O4. The summed E-state index contributed by atoms with van der Waals surface area (Å²) >= 11 is 0. The van der Waals surface area contributed by atoms with Crippen LogP contribution >= 0.6 is 0 Å². The van der Waals surface area contributed by atoms with Crippen LogP contribution < -0.4 is 10.2 Å². The van der Waals surface area contributed by atoms with Gasteiger partial charge in [0, 0.05) is 24.6 Å². The minimum atomic E-state index is -0.616. The Kier molecular flexibility index (Phi) is 5.95. The second kappa shape index (κ2) is 9.22. The molecule has 1 amide bonds. The first-order chi connectivity index (χ1) is 17.0. The van der Waals surface area contributed by atoms with Crippen molar-refractivity contribution in [2.24, 2.45) is 0 Å². The quantitative estimate of drug-likeness (QED) is 0.524. The number of amides is 1. The molecule has 1 aliphatic heterocycles. The lowest BCUT2D eigenvalue weighted by molar-refractivity contribution is -0.117. The molecule has 3 aromatic rings. The van der Waals surface area contributed by atoms with Crippen molar-refractivity contribution in [3.05, 3.63) is 107 Å². The van der Waals surface area contributed by atoms with Crippen LogP contribution in [0.3, 0.4) is 0 Å². The summed E-state index contributed by atoms with van der Waals surface area (Å²) in [6, 6.07) is 24.0. The molecule has 35 heavy (non-hydrogen) atoms. The number of benzene rings is 3. The molecule has 0 radical (unpaired) electrons. The van der Waals surface area contributed by atoms with Gasteiger partial charge in [-0.15, -0.1) is 0 Å². The minimum absolute atomic E-state index is 0.00806. The predicted octanol–water partition coefficient (Wildman–Crippen LogP) is 5.39. The van der Waals surface area contributed by atoms with E-state index in [0.717, 1.165) is 22.5 Å². The number of allylic oxidation sites excluding steroid dienone is 1. The summed E-state index contributed by atoms with van der Waals surface area (Å²) in [4.78, 5) is 40.5. The van der Waals surface area contributed by atoms with Crippen LogP contribution in [0.4, 0.5) is 11.4 Å². The summed E-state index contributed by atoms with van der Waals surface area (Å²) < 4.78 is 4.83. The van der Waals surface area contributed by atoms with Crippen molar-refractivity contribution in [2.45, 2.75) is 31.7 Å². The molecule has 5 rings (SSSR count). The number of methoxy groups -OCH3 is 1. The van der Waals surface area contributed by atoms with E-state index in [1.165, 1.54) is 14.0 Å². The van der Waals surface area contributed by atoms with Crippen molar-refractivity contribution in [1.82, 2.24) is 0 Å². The number of hydrogen-bond donors (Lipinski definition) is 1. The second-order valence-corrected chi connectivity index (χ2v) is 8.88. The van der Waals surface area contributed by atoms with Crippen molar-refractivity contribution in [3.63, 3.8) is 0 Å². The summed E-state index contributed by atoms with van der Waals surface area (Å²) in [6.07, 6.45) is 1.02. The number of rotatable bonds is 3. The van der Waals surface area contributed by atoms with Gasteiger partial charge in [-0.3, -0.25) is 14.5 Å². The lowest BCUT2D eigenvalue weighted by Gasteiger charge is -2.34. The minimum Gasteiger partial charge on any atom is -0.465 e. The Morgan fingerprint density at radius 2 is 1.57 bits per heavy atom. The van der Waals surface area contributed by atoms with Crippen molar-refractivity contribution >= 4 is 29.0 Å². The van der Waals surface area contributed by atoms with Gasteiger partial charge in [-0.25, -0.2) is 4.79 Å². The van der Waals surface area contributed by atoms with Crippen LogP contribution in [-0.2, 0) is 14.3 Å². The molecule has 6 heteroatoms. The molecule has 0 unspecified atom stereocenters. The number of para-hydroxylation sites is 2. The van der Waals surface area contributed by atoms with Crippen molar-refractivity contribution in [1.29, 1.82) is 0 Å². The summed E-state index contributed by atoms with van der Waals surface area (Å²) in [6.45, 7) is 1.51. The van der Waals surface area contributed by atoms with Gasteiger partial charge >= 0.3 is 5.97 Å². The first kappa shape index (κ1) is 22.6. The van der Waals surface area contributed by atoms with Gasteiger partial charge in [0.2, 0.25) is 5.91 Å². The van der Waals surface area contributed by atoms with Gasteiger partial charge in [0.15, 0.2) is 5.78 Å². The van der Waals surface area contributed by atoms with Crippen LogP contribution in [0.25, 0.3) is 0 Å². The van der Waals surface area contributed by atoms with Crippen molar-refractivity contribution in [3.8, 4) is 0 Å². The topological polar surface area (TPSA) is 75.7 Å². The van der Waals surface area contributed by atoms with Crippen molar-refractivity contribution in [2.75, 3.05) is 17.3 Å². The second-order valence-electron chi connectivity index (χ2n) is 8.88. The maximum Gasteiger partial charge on any atom is 0.337 e. The molecule has 0 saturated heterocycles. The number of ketones is 1. The lowest BCUT2D eigenvalue weighted by Crippen LogP contribution is -2.37. The average molecular weight is 467 g/mol. The Balaban J connectivity index is 1.68. The molecular weight excluding hydrogens is 440 g/mol. The molecule has 176 valence electrons. The lowest BCUT2D eigenvalue weighted by atomic mass is 9.78. The summed E-state index contributed by atoms with van der Waals surface area (Å²) in [7, 11) is 1.34. The number of fused-ring (bicyclic) bond motifs is 1. The maximum absolute atomic E-state index is 13.8. The van der Waals surface area contributed by atoms with Crippen LogP contribution in [0.15, 0.2) is 90.1 Å². The smallest absolute Gasteiger partial charge is 0.337 e. The Hall–Kier alpha value is -4.19. The molecule has 0 spiro atoms. The molecule has 0 saturated carbocycles. The number of ether oxygens (including phenoxy) is 1. The summed E-state index contributed by atoms with van der Waals surface area (Å²) in [5.74, 6) is -0.553. The molecule has 3 aromatic carbocycles. The van der Waals surface area contributed by atoms with Crippen LogP contribution in [0.5, 0.6) is 0 Å². The third kappa shape index (κ3) is 4.12. The zero-order chi connectivity index (χ0) is 24.5. The number of Topliss-reactive ketones (excluding diaryl/α,β-unsaturated/α-hetero) is 1. The zero-order valence-corrected chi connectivity index (χ0v) is 19.7. The fourth-order valence-electron chi connectivity index (χ4n) is 5.13. The van der Waals surface area contributed by atoms with Gasteiger partial charge in [0.1, 0.15) is 0 Å². The molecule has 0 bridgehead atoms. The van der Waals surface area contributed by atoms with E-state index in [1.807, 2.05) is 42.5 Å². The Morgan fingerprint density at radius 3 is 2.26 bits per heavy atom. The number of carbonyl (C=O) groups is 3. The number of hydrogen-bond acceptors (Lipinski definition) is 5. The monoisotopic (exact) mass is 466 g/mol. The van der Waals surface area contributed by atoms with E-state index in [2.05, 4.69) is 17.4 Å². The van der Waals surface area contributed by atoms with E-state index in [4.69, 9.17) is 4.74 Å².